The normalized spacial score (nSPS) is 14.8. The highest BCUT2D eigenvalue weighted by atomic mass is 31.2. The summed E-state index contributed by atoms with van der Waals surface area (Å²) in [5.74, 6) is -0.166. The molecule has 3 N–H and O–H groups in total. The molecule has 0 aromatic heterocycles. The van der Waals surface area contributed by atoms with Crippen LogP contribution in [-0.4, -0.2) is 73.4 Å². The lowest BCUT2D eigenvalue weighted by Crippen LogP contribution is -2.46. The second-order valence-electron chi connectivity index (χ2n) is 18.5. The van der Waals surface area contributed by atoms with E-state index < -0.39 is 20.0 Å². The Morgan fingerprint density at radius 2 is 0.938 bits per heavy atom. The number of likely N-dealkylation sites (N-methyl/N-ethyl adjacent to an activating group) is 1. The Labute approximate surface area is 395 Å². The standard InChI is InChI=1S/C55H99N2O6P/c1-6-8-10-12-14-16-18-20-22-23-24-25-26-27-28-29-30-31-32-33-35-37-39-41-43-45-47-49-55(59)56-53(52-63-64(60,61)62-51-50-57(3,4)5)54(58)48-46-44-42-40-38-36-34-21-19-17-15-13-11-9-7-2/h8,10,14,16,20,22,24-25,27-28,30-31,33,35,53-54,58H,6-7,9,11-13,15,17-19,21,23,26,29,32,34,36-52H2,1-5H3,(H-,56,59,60,61)/p+1/b10-8-,16-14-,22-20-,25-24-,28-27-,31-30-,35-33-. The topological polar surface area (TPSA) is 105 Å². The van der Waals surface area contributed by atoms with Gasteiger partial charge < -0.3 is 19.8 Å². The Morgan fingerprint density at radius 1 is 0.547 bits per heavy atom. The molecule has 370 valence electrons. The molecule has 3 unspecified atom stereocenters. The minimum atomic E-state index is -4.33. The largest absolute Gasteiger partial charge is 0.472 e. The van der Waals surface area contributed by atoms with E-state index in [-0.39, 0.29) is 19.1 Å². The molecule has 0 aliphatic heterocycles. The predicted octanol–water partition coefficient (Wildman–Crippen LogP) is 15.3. The second-order valence-corrected chi connectivity index (χ2v) is 20.0. The number of allylic oxidation sites excluding steroid dienone is 14. The Hall–Kier alpha value is -2.32. The number of aliphatic hydroxyl groups is 1. The van der Waals surface area contributed by atoms with Gasteiger partial charge in [0, 0.05) is 6.42 Å². The zero-order chi connectivity index (χ0) is 47.1. The molecule has 0 aliphatic carbocycles. The molecule has 3 atom stereocenters. The minimum Gasteiger partial charge on any atom is -0.391 e. The summed E-state index contributed by atoms with van der Waals surface area (Å²) in [7, 11) is 1.59. The number of hydrogen-bond donors (Lipinski definition) is 3. The lowest BCUT2D eigenvalue weighted by Gasteiger charge is -2.26. The van der Waals surface area contributed by atoms with Gasteiger partial charge in [0.15, 0.2) is 0 Å². The zero-order valence-corrected chi connectivity index (χ0v) is 42.9. The number of quaternary nitrogens is 1. The van der Waals surface area contributed by atoms with E-state index in [0.29, 0.717) is 23.9 Å². The van der Waals surface area contributed by atoms with Gasteiger partial charge in [0.25, 0.3) is 0 Å². The first-order valence-corrected chi connectivity index (χ1v) is 27.4. The quantitative estimate of drug-likeness (QED) is 0.0243. The van der Waals surface area contributed by atoms with Gasteiger partial charge in [0.2, 0.25) is 5.91 Å². The summed E-state index contributed by atoms with van der Waals surface area (Å²) < 4.78 is 23.7. The Balaban J connectivity index is 4.30. The number of carbonyl (C=O) groups is 1. The van der Waals surface area contributed by atoms with E-state index in [1.807, 2.05) is 21.1 Å². The van der Waals surface area contributed by atoms with Crippen molar-refractivity contribution in [1.29, 1.82) is 0 Å². The van der Waals surface area contributed by atoms with E-state index in [4.69, 9.17) is 9.05 Å². The van der Waals surface area contributed by atoms with Crippen LogP contribution in [0.3, 0.4) is 0 Å². The summed E-state index contributed by atoms with van der Waals surface area (Å²) >= 11 is 0. The maximum absolute atomic E-state index is 13.0. The van der Waals surface area contributed by atoms with Crippen molar-refractivity contribution in [2.24, 2.45) is 0 Å². The molecule has 0 aliphatic rings. The number of phosphoric acid groups is 1. The minimum absolute atomic E-state index is 0.0661. The number of nitrogens with zero attached hydrogens (tertiary/aromatic N) is 1. The predicted molar refractivity (Wildman–Crippen MR) is 276 cm³/mol. The van der Waals surface area contributed by atoms with Crippen molar-refractivity contribution in [3.63, 3.8) is 0 Å². The monoisotopic (exact) mass is 916 g/mol. The van der Waals surface area contributed by atoms with Crippen LogP contribution in [0, 0.1) is 0 Å². The molecule has 0 rings (SSSR count). The van der Waals surface area contributed by atoms with Crippen molar-refractivity contribution >= 4 is 13.7 Å². The summed E-state index contributed by atoms with van der Waals surface area (Å²) in [5, 5.41) is 14.0. The number of rotatable bonds is 46. The lowest BCUT2D eigenvalue weighted by atomic mass is 10.0. The molecule has 0 aromatic rings. The van der Waals surface area contributed by atoms with Gasteiger partial charge >= 0.3 is 7.82 Å². The fourth-order valence-corrected chi connectivity index (χ4v) is 7.82. The van der Waals surface area contributed by atoms with Gasteiger partial charge in [0.1, 0.15) is 13.2 Å². The third kappa shape index (κ3) is 47.6. The van der Waals surface area contributed by atoms with Crippen LogP contribution in [0.2, 0.25) is 0 Å². The SMILES string of the molecule is CC/C=C\C/C=C\C/C=C\C/C=C\C/C=C\C/C=C\C/C=C\CCCCCCCC(=O)NC(COP(=O)(O)OCC[N+](C)(C)C)C(O)CCCCCCCCCCCCCCCCC. The van der Waals surface area contributed by atoms with Crippen LogP contribution in [0.1, 0.15) is 206 Å². The smallest absolute Gasteiger partial charge is 0.391 e. The number of carbonyl (C=O) groups excluding carboxylic acids is 1. The summed E-state index contributed by atoms with van der Waals surface area (Å²) in [6.45, 7) is 4.75. The first-order valence-electron chi connectivity index (χ1n) is 26.0. The number of hydrogen-bond acceptors (Lipinski definition) is 5. The Kier molecular flexibility index (Phi) is 44.2. The van der Waals surface area contributed by atoms with Crippen molar-refractivity contribution in [1.82, 2.24) is 5.32 Å². The van der Waals surface area contributed by atoms with E-state index in [1.165, 1.54) is 77.0 Å². The van der Waals surface area contributed by atoms with Crippen molar-refractivity contribution in [3.05, 3.63) is 85.1 Å². The molecule has 0 saturated carbocycles. The molecule has 1 amide bonds. The number of phosphoric ester groups is 1. The zero-order valence-electron chi connectivity index (χ0n) is 42.0. The van der Waals surface area contributed by atoms with Crippen molar-refractivity contribution in [2.75, 3.05) is 40.9 Å². The van der Waals surface area contributed by atoms with Crippen LogP contribution >= 0.6 is 7.82 Å². The number of aliphatic hydroxyl groups excluding tert-OH is 1. The highest BCUT2D eigenvalue weighted by Gasteiger charge is 2.28. The molecule has 0 heterocycles. The second kappa shape index (κ2) is 45.8. The maximum atomic E-state index is 13.0. The Bertz CT molecular complexity index is 1310. The molecule has 9 heteroatoms. The van der Waals surface area contributed by atoms with Crippen LogP contribution in [0.5, 0.6) is 0 Å². The summed E-state index contributed by atoms with van der Waals surface area (Å²) in [4.78, 5) is 23.3. The number of unbranched alkanes of at least 4 members (excludes halogenated alkanes) is 19. The molecular formula is C55H100N2O6P+. The molecule has 0 aromatic carbocycles. The third-order valence-electron chi connectivity index (χ3n) is 11.2. The van der Waals surface area contributed by atoms with Gasteiger partial charge in [-0.2, -0.15) is 0 Å². The third-order valence-corrected chi connectivity index (χ3v) is 12.1. The fourth-order valence-electron chi connectivity index (χ4n) is 7.08. The molecule has 0 bridgehead atoms. The molecule has 8 nitrogen and oxygen atoms in total. The summed E-state index contributed by atoms with van der Waals surface area (Å²) in [5.41, 5.74) is 0. The molecule has 0 spiro atoms. The van der Waals surface area contributed by atoms with Crippen molar-refractivity contribution in [3.8, 4) is 0 Å². The van der Waals surface area contributed by atoms with Gasteiger partial charge in [0.05, 0.1) is 39.9 Å². The molecule has 0 fully saturated rings. The highest BCUT2D eigenvalue weighted by molar-refractivity contribution is 7.47. The van der Waals surface area contributed by atoms with Gasteiger partial charge in [-0.1, -0.05) is 214 Å². The maximum Gasteiger partial charge on any atom is 0.472 e. The van der Waals surface area contributed by atoms with E-state index in [2.05, 4.69) is 104 Å². The van der Waals surface area contributed by atoms with Crippen LogP contribution in [0.15, 0.2) is 85.1 Å². The van der Waals surface area contributed by atoms with Crippen LogP contribution < -0.4 is 5.32 Å². The van der Waals surface area contributed by atoms with Gasteiger partial charge in [-0.25, -0.2) is 4.57 Å². The molecular weight excluding hydrogens is 816 g/mol. The lowest BCUT2D eigenvalue weighted by molar-refractivity contribution is -0.870. The van der Waals surface area contributed by atoms with Gasteiger partial charge in [-0.05, 0) is 70.6 Å². The number of amides is 1. The summed E-state index contributed by atoms with van der Waals surface area (Å²) in [6.07, 6.45) is 63.3. The van der Waals surface area contributed by atoms with E-state index >= 15 is 0 Å². The van der Waals surface area contributed by atoms with Crippen LogP contribution in [0.25, 0.3) is 0 Å². The first kappa shape index (κ1) is 61.7. The van der Waals surface area contributed by atoms with Gasteiger partial charge in [-0.3, -0.25) is 13.8 Å². The summed E-state index contributed by atoms with van der Waals surface area (Å²) in [6, 6.07) is -0.777. The van der Waals surface area contributed by atoms with E-state index in [9.17, 15) is 19.4 Å². The average molecular weight is 916 g/mol. The molecule has 64 heavy (non-hydrogen) atoms. The highest BCUT2D eigenvalue weighted by Crippen LogP contribution is 2.43. The first-order chi connectivity index (χ1) is 31.0. The van der Waals surface area contributed by atoms with Gasteiger partial charge in [-0.15, -0.1) is 0 Å². The Morgan fingerprint density at radius 3 is 1.38 bits per heavy atom. The van der Waals surface area contributed by atoms with E-state index in [0.717, 1.165) is 103 Å². The van der Waals surface area contributed by atoms with E-state index in [1.54, 1.807) is 0 Å². The van der Waals surface area contributed by atoms with Crippen molar-refractivity contribution < 1.29 is 32.9 Å². The van der Waals surface area contributed by atoms with Crippen LogP contribution in [-0.2, 0) is 18.4 Å². The van der Waals surface area contributed by atoms with Crippen molar-refractivity contribution in [2.45, 2.75) is 219 Å². The molecule has 0 radical (unpaired) electrons. The number of nitrogens with one attached hydrogen (secondary N) is 1. The molecule has 0 saturated heterocycles. The van der Waals surface area contributed by atoms with Crippen LogP contribution in [0.4, 0.5) is 0 Å². The fraction of sp³-hybridized carbons (Fsp3) is 0.727. The average Bonchev–Trinajstić information content (AvgIpc) is 3.25.